The van der Waals surface area contributed by atoms with Crippen molar-refractivity contribution in [3.8, 4) is 0 Å². The molecule has 1 unspecified atom stereocenters. The first-order chi connectivity index (χ1) is 8.27. The lowest BCUT2D eigenvalue weighted by Gasteiger charge is -2.24. The Balaban J connectivity index is 2.86. The molecule has 0 spiro atoms. The van der Waals surface area contributed by atoms with Crippen molar-refractivity contribution in [1.82, 2.24) is 5.32 Å². The molecule has 0 aliphatic heterocycles. The Hall–Kier alpha value is -1.16. The van der Waals surface area contributed by atoms with Gasteiger partial charge in [0.15, 0.2) is 0 Å². The molecule has 2 nitrogen and oxygen atoms in total. The topological polar surface area (TPSA) is 29.1 Å². The summed E-state index contributed by atoms with van der Waals surface area (Å²) in [4.78, 5) is 11.9. The molecule has 5 heteroatoms. The zero-order valence-corrected chi connectivity index (χ0v) is 11.3. The second kappa shape index (κ2) is 5.65. The van der Waals surface area contributed by atoms with Crippen molar-refractivity contribution >= 4 is 17.5 Å². The van der Waals surface area contributed by atoms with Gasteiger partial charge in [0.1, 0.15) is 11.6 Å². The Morgan fingerprint density at radius 2 is 2.06 bits per heavy atom. The molecule has 0 heterocycles. The van der Waals surface area contributed by atoms with Crippen LogP contribution in [0, 0.1) is 17.0 Å². The summed E-state index contributed by atoms with van der Waals surface area (Å²) in [6.45, 7) is 4.97. The molecule has 0 aliphatic carbocycles. The standard InChI is InChI=1S/C13H16ClF2NO/c1-8(17-12(18)13(2,3)7-14)10-6-9(15)4-5-11(10)16/h4-6,8H,7H2,1-3H3,(H,17,18). The maximum Gasteiger partial charge on any atom is 0.227 e. The number of alkyl halides is 1. The third-order valence-electron chi connectivity index (χ3n) is 2.72. The first kappa shape index (κ1) is 14.9. The maximum absolute atomic E-state index is 13.5. The summed E-state index contributed by atoms with van der Waals surface area (Å²) < 4.78 is 26.5. The third kappa shape index (κ3) is 3.42. The van der Waals surface area contributed by atoms with E-state index in [9.17, 15) is 13.6 Å². The predicted octanol–water partition coefficient (Wildman–Crippen LogP) is 3.41. The number of rotatable bonds is 4. The molecule has 0 saturated heterocycles. The molecule has 1 aromatic carbocycles. The Morgan fingerprint density at radius 1 is 1.44 bits per heavy atom. The average Bonchev–Trinajstić information content (AvgIpc) is 2.31. The number of hydrogen-bond acceptors (Lipinski definition) is 1. The summed E-state index contributed by atoms with van der Waals surface area (Å²) in [6, 6.07) is 2.54. The van der Waals surface area contributed by atoms with Crippen LogP contribution in [-0.2, 0) is 4.79 Å². The van der Waals surface area contributed by atoms with E-state index in [2.05, 4.69) is 5.32 Å². The largest absolute Gasteiger partial charge is 0.349 e. The monoisotopic (exact) mass is 275 g/mol. The number of carbonyl (C=O) groups is 1. The lowest BCUT2D eigenvalue weighted by atomic mass is 9.94. The number of hydrogen-bond donors (Lipinski definition) is 1. The minimum Gasteiger partial charge on any atom is -0.349 e. The highest BCUT2D eigenvalue weighted by Gasteiger charge is 2.28. The van der Waals surface area contributed by atoms with Gasteiger partial charge in [0.25, 0.3) is 0 Å². The van der Waals surface area contributed by atoms with Gasteiger partial charge in [0.2, 0.25) is 5.91 Å². The summed E-state index contributed by atoms with van der Waals surface area (Å²) >= 11 is 5.68. The quantitative estimate of drug-likeness (QED) is 0.839. The Labute approximate surface area is 110 Å². The van der Waals surface area contributed by atoms with E-state index in [-0.39, 0.29) is 17.4 Å². The van der Waals surface area contributed by atoms with Crippen molar-refractivity contribution in [2.75, 3.05) is 5.88 Å². The van der Waals surface area contributed by atoms with E-state index in [1.165, 1.54) is 0 Å². The molecule has 1 atom stereocenters. The molecule has 1 amide bonds. The van der Waals surface area contributed by atoms with Gasteiger partial charge in [-0.2, -0.15) is 0 Å². The van der Waals surface area contributed by atoms with E-state index >= 15 is 0 Å². The summed E-state index contributed by atoms with van der Waals surface area (Å²) in [5.41, 5.74) is -0.631. The van der Waals surface area contributed by atoms with Crippen LogP contribution in [0.1, 0.15) is 32.4 Å². The van der Waals surface area contributed by atoms with Gasteiger partial charge in [-0.1, -0.05) is 0 Å². The van der Waals surface area contributed by atoms with Crippen LogP contribution in [-0.4, -0.2) is 11.8 Å². The van der Waals surface area contributed by atoms with Crippen LogP contribution >= 0.6 is 11.6 Å². The van der Waals surface area contributed by atoms with Crippen LogP contribution in [0.4, 0.5) is 8.78 Å². The van der Waals surface area contributed by atoms with Crippen LogP contribution in [0.15, 0.2) is 18.2 Å². The average molecular weight is 276 g/mol. The molecule has 0 bridgehead atoms. The molecule has 0 fully saturated rings. The van der Waals surface area contributed by atoms with Gasteiger partial charge in [-0.25, -0.2) is 8.78 Å². The second-order valence-electron chi connectivity index (χ2n) is 4.88. The summed E-state index contributed by atoms with van der Waals surface area (Å²) in [5, 5.41) is 2.63. The van der Waals surface area contributed by atoms with Crippen LogP contribution in [0.5, 0.6) is 0 Å². The Bertz CT molecular complexity index is 449. The number of carbonyl (C=O) groups excluding carboxylic acids is 1. The fourth-order valence-corrected chi connectivity index (χ4v) is 1.50. The molecule has 0 aliphatic rings. The third-order valence-corrected chi connectivity index (χ3v) is 3.39. The van der Waals surface area contributed by atoms with E-state index in [0.717, 1.165) is 18.2 Å². The summed E-state index contributed by atoms with van der Waals surface area (Å²) in [6.07, 6.45) is 0. The molecule has 1 N–H and O–H groups in total. The van der Waals surface area contributed by atoms with E-state index in [1.54, 1.807) is 20.8 Å². The van der Waals surface area contributed by atoms with Gasteiger partial charge in [-0.3, -0.25) is 4.79 Å². The second-order valence-corrected chi connectivity index (χ2v) is 5.15. The molecular weight excluding hydrogens is 260 g/mol. The smallest absolute Gasteiger partial charge is 0.227 e. The molecule has 0 saturated carbocycles. The fraction of sp³-hybridized carbons (Fsp3) is 0.462. The molecule has 100 valence electrons. The summed E-state index contributed by atoms with van der Waals surface area (Å²) in [7, 11) is 0. The van der Waals surface area contributed by atoms with Crippen molar-refractivity contribution in [3.05, 3.63) is 35.4 Å². The fourth-order valence-electron chi connectivity index (χ4n) is 1.38. The number of benzene rings is 1. The van der Waals surface area contributed by atoms with Gasteiger partial charge in [0, 0.05) is 11.4 Å². The van der Waals surface area contributed by atoms with Crippen LogP contribution in [0.25, 0.3) is 0 Å². The Morgan fingerprint density at radius 3 is 2.61 bits per heavy atom. The molecule has 0 radical (unpaired) electrons. The van der Waals surface area contributed by atoms with Crippen LogP contribution < -0.4 is 5.32 Å². The van der Waals surface area contributed by atoms with Crippen LogP contribution in [0.3, 0.4) is 0 Å². The lowest BCUT2D eigenvalue weighted by molar-refractivity contribution is -0.129. The molecule has 1 rings (SSSR count). The highest BCUT2D eigenvalue weighted by atomic mass is 35.5. The summed E-state index contributed by atoms with van der Waals surface area (Å²) in [5.74, 6) is -1.23. The minimum atomic E-state index is -0.750. The van der Waals surface area contributed by atoms with Crippen molar-refractivity contribution in [2.45, 2.75) is 26.8 Å². The minimum absolute atomic E-state index is 0.119. The Kier molecular flexibility index (Phi) is 4.68. The lowest BCUT2D eigenvalue weighted by Crippen LogP contribution is -2.39. The van der Waals surface area contributed by atoms with Crippen molar-refractivity contribution in [3.63, 3.8) is 0 Å². The highest BCUT2D eigenvalue weighted by molar-refractivity contribution is 6.19. The van der Waals surface area contributed by atoms with Crippen LogP contribution in [0.2, 0.25) is 0 Å². The van der Waals surface area contributed by atoms with Gasteiger partial charge in [0.05, 0.1) is 11.5 Å². The predicted molar refractivity (Wildman–Crippen MR) is 67.4 cm³/mol. The number of amides is 1. The van der Waals surface area contributed by atoms with E-state index < -0.39 is 23.1 Å². The first-order valence-corrected chi connectivity index (χ1v) is 6.13. The van der Waals surface area contributed by atoms with Crippen molar-refractivity contribution in [2.24, 2.45) is 5.41 Å². The van der Waals surface area contributed by atoms with E-state index in [4.69, 9.17) is 11.6 Å². The van der Waals surface area contributed by atoms with E-state index in [1.807, 2.05) is 0 Å². The van der Waals surface area contributed by atoms with Gasteiger partial charge < -0.3 is 5.32 Å². The molecule has 0 aromatic heterocycles. The SMILES string of the molecule is CC(NC(=O)C(C)(C)CCl)c1cc(F)ccc1F. The number of halogens is 3. The normalized spacial score (nSPS) is 13.2. The maximum atomic E-state index is 13.5. The van der Waals surface area contributed by atoms with Gasteiger partial charge in [-0.05, 0) is 39.0 Å². The number of nitrogens with one attached hydrogen (secondary N) is 1. The first-order valence-electron chi connectivity index (χ1n) is 5.60. The molecular formula is C13H16ClF2NO. The van der Waals surface area contributed by atoms with Gasteiger partial charge >= 0.3 is 0 Å². The van der Waals surface area contributed by atoms with Crippen molar-refractivity contribution in [1.29, 1.82) is 0 Å². The molecule has 1 aromatic rings. The zero-order valence-electron chi connectivity index (χ0n) is 10.6. The zero-order chi connectivity index (χ0) is 13.9. The van der Waals surface area contributed by atoms with E-state index in [0.29, 0.717) is 0 Å². The molecule has 18 heavy (non-hydrogen) atoms. The van der Waals surface area contributed by atoms with Crippen molar-refractivity contribution < 1.29 is 13.6 Å². The highest BCUT2D eigenvalue weighted by Crippen LogP contribution is 2.22. The van der Waals surface area contributed by atoms with Gasteiger partial charge in [-0.15, -0.1) is 11.6 Å².